The molecular formula is C30H36FN3O5S. The predicted molar refractivity (Wildman–Crippen MR) is 150 cm³/mol. The molecule has 4 rings (SSSR count). The summed E-state index contributed by atoms with van der Waals surface area (Å²) < 4.78 is 53.4. The number of methoxy groups -OCH3 is 1. The van der Waals surface area contributed by atoms with Crippen molar-refractivity contribution in [2.24, 2.45) is 11.3 Å². The molecule has 40 heavy (non-hydrogen) atoms. The van der Waals surface area contributed by atoms with Gasteiger partial charge in [-0.1, -0.05) is 33.8 Å². The van der Waals surface area contributed by atoms with E-state index in [2.05, 4.69) is 23.6 Å². The van der Waals surface area contributed by atoms with Crippen LogP contribution in [0, 0.1) is 17.2 Å². The highest BCUT2D eigenvalue weighted by Gasteiger charge is 2.32. The molecule has 10 heteroatoms. The van der Waals surface area contributed by atoms with Crippen LogP contribution in [-0.2, 0) is 10.0 Å². The average Bonchev–Trinajstić information content (AvgIpc) is 2.91. The Morgan fingerprint density at radius 3 is 2.50 bits per heavy atom. The Labute approximate surface area is 235 Å². The minimum atomic E-state index is -4.28. The number of nitrogens with one attached hydrogen (secondary N) is 1. The lowest BCUT2D eigenvalue weighted by molar-refractivity contribution is 0.0978. The number of carbonyl (C=O) groups excluding carboxylic acids is 1. The maximum atomic E-state index is 14.5. The fourth-order valence-electron chi connectivity index (χ4n) is 4.76. The number of hydrogen-bond donors (Lipinski definition) is 1. The summed E-state index contributed by atoms with van der Waals surface area (Å²) in [6.45, 7) is 8.87. The van der Waals surface area contributed by atoms with E-state index in [9.17, 15) is 17.6 Å². The van der Waals surface area contributed by atoms with Crippen LogP contribution >= 0.6 is 0 Å². The van der Waals surface area contributed by atoms with Crippen LogP contribution in [0.25, 0.3) is 11.3 Å². The van der Waals surface area contributed by atoms with Gasteiger partial charge >= 0.3 is 0 Å². The van der Waals surface area contributed by atoms with Crippen LogP contribution < -0.4 is 14.2 Å². The second-order valence-electron chi connectivity index (χ2n) is 11.4. The lowest BCUT2D eigenvalue weighted by atomic mass is 9.71. The number of carbonyl (C=O) groups is 1. The zero-order valence-electron chi connectivity index (χ0n) is 23.5. The van der Waals surface area contributed by atoms with Crippen LogP contribution in [0.4, 0.5) is 4.39 Å². The standard InChI is InChI=1S/C30H36FN3O5S/c1-19(2)18-39-23-16-21(15-22(31)17-23)25-10-9-24(28(32-25)20-11-13-30(3,4)14-12-20)29(35)34-40(36,37)27-8-6-7-26(33-27)38-5/h6-10,15-17,19-20H,11-14,18H2,1-5H3,(H,34,35). The van der Waals surface area contributed by atoms with Crippen LogP contribution in [0.3, 0.4) is 0 Å². The van der Waals surface area contributed by atoms with Gasteiger partial charge in [0.1, 0.15) is 11.6 Å². The highest BCUT2D eigenvalue weighted by Crippen LogP contribution is 2.43. The van der Waals surface area contributed by atoms with Crippen molar-refractivity contribution in [1.29, 1.82) is 0 Å². The van der Waals surface area contributed by atoms with E-state index in [1.807, 2.05) is 13.8 Å². The summed E-state index contributed by atoms with van der Waals surface area (Å²) in [4.78, 5) is 22.2. The van der Waals surface area contributed by atoms with Gasteiger partial charge < -0.3 is 9.47 Å². The van der Waals surface area contributed by atoms with Gasteiger partial charge in [-0.15, -0.1) is 0 Å². The molecule has 0 spiro atoms. The van der Waals surface area contributed by atoms with Crippen molar-refractivity contribution in [3.63, 3.8) is 0 Å². The highest BCUT2D eigenvalue weighted by atomic mass is 32.2. The Hall–Kier alpha value is -3.53. The third-order valence-corrected chi connectivity index (χ3v) is 8.29. The Morgan fingerprint density at radius 1 is 1.10 bits per heavy atom. The van der Waals surface area contributed by atoms with Gasteiger partial charge in [-0.2, -0.15) is 13.4 Å². The molecule has 0 bridgehead atoms. The van der Waals surface area contributed by atoms with E-state index < -0.39 is 21.7 Å². The van der Waals surface area contributed by atoms with Crippen molar-refractivity contribution in [3.8, 4) is 22.9 Å². The number of benzene rings is 1. The van der Waals surface area contributed by atoms with Crippen molar-refractivity contribution in [2.75, 3.05) is 13.7 Å². The number of sulfonamides is 1. The first-order chi connectivity index (χ1) is 18.9. The maximum absolute atomic E-state index is 14.5. The van der Waals surface area contributed by atoms with E-state index in [1.165, 1.54) is 37.4 Å². The van der Waals surface area contributed by atoms with Gasteiger partial charge in [0, 0.05) is 23.6 Å². The van der Waals surface area contributed by atoms with Crippen LogP contribution in [0.15, 0.2) is 53.6 Å². The summed E-state index contributed by atoms with van der Waals surface area (Å²) in [5.41, 5.74) is 1.81. The first kappa shape index (κ1) is 29.5. The molecule has 3 aromatic rings. The van der Waals surface area contributed by atoms with Gasteiger partial charge in [-0.3, -0.25) is 9.78 Å². The van der Waals surface area contributed by atoms with Gasteiger partial charge in [-0.25, -0.2) is 9.11 Å². The monoisotopic (exact) mass is 569 g/mol. The number of halogens is 1. The van der Waals surface area contributed by atoms with E-state index in [4.69, 9.17) is 14.5 Å². The summed E-state index contributed by atoms with van der Waals surface area (Å²) in [7, 11) is -2.90. The fourth-order valence-corrected chi connectivity index (χ4v) is 5.68. The van der Waals surface area contributed by atoms with Gasteiger partial charge in [0.2, 0.25) is 5.88 Å². The number of pyridine rings is 2. The Morgan fingerprint density at radius 2 is 1.82 bits per heavy atom. The van der Waals surface area contributed by atoms with Gasteiger partial charge in [0.05, 0.1) is 30.7 Å². The predicted octanol–water partition coefficient (Wildman–Crippen LogP) is 6.13. The van der Waals surface area contributed by atoms with Gasteiger partial charge in [0.15, 0.2) is 5.03 Å². The van der Waals surface area contributed by atoms with E-state index in [0.29, 0.717) is 29.3 Å². The van der Waals surface area contributed by atoms with Crippen LogP contribution in [0.5, 0.6) is 11.6 Å². The summed E-state index contributed by atoms with van der Waals surface area (Å²) in [5, 5.41) is -0.334. The molecular weight excluding hydrogens is 533 g/mol. The van der Waals surface area contributed by atoms with Crippen LogP contribution in [0.1, 0.15) is 75.3 Å². The largest absolute Gasteiger partial charge is 0.493 e. The zero-order chi connectivity index (χ0) is 29.1. The zero-order valence-corrected chi connectivity index (χ0v) is 24.3. The number of hydrogen-bond acceptors (Lipinski definition) is 7. The fraction of sp³-hybridized carbons (Fsp3) is 0.433. The normalized spacial score (nSPS) is 15.6. The van der Waals surface area contributed by atoms with Crippen LogP contribution in [0.2, 0.25) is 0 Å². The molecule has 1 aliphatic carbocycles. The number of nitrogens with zero attached hydrogens (tertiary/aromatic N) is 2. The Bertz CT molecular complexity index is 1480. The lowest BCUT2D eigenvalue weighted by Gasteiger charge is -2.34. The molecule has 1 N–H and O–H groups in total. The first-order valence-electron chi connectivity index (χ1n) is 13.4. The van der Waals surface area contributed by atoms with E-state index in [1.54, 1.807) is 18.2 Å². The molecule has 0 saturated heterocycles. The molecule has 0 atom stereocenters. The molecule has 8 nitrogen and oxygen atoms in total. The molecule has 0 unspecified atom stereocenters. The van der Waals surface area contributed by atoms with Crippen molar-refractivity contribution in [3.05, 3.63) is 65.6 Å². The summed E-state index contributed by atoms with van der Waals surface area (Å²) in [6, 6.07) is 11.9. The molecule has 2 heterocycles. The molecule has 1 fully saturated rings. The number of rotatable bonds is 9. The molecule has 0 aliphatic heterocycles. The van der Waals surface area contributed by atoms with E-state index in [-0.39, 0.29) is 33.7 Å². The minimum absolute atomic E-state index is 0.0587. The molecule has 214 valence electrons. The van der Waals surface area contributed by atoms with Crippen molar-refractivity contribution < 1.29 is 27.1 Å². The summed E-state index contributed by atoms with van der Waals surface area (Å²) >= 11 is 0. The van der Waals surface area contributed by atoms with E-state index in [0.717, 1.165) is 25.7 Å². The number of aromatic nitrogens is 2. The second-order valence-corrected chi connectivity index (χ2v) is 13.0. The van der Waals surface area contributed by atoms with Gasteiger partial charge in [-0.05, 0) is 67.3 Å². The molecule has 1 amide bonds. The smallest absolute Gasteiger partial charge is 0.281 e. The SMILES string of the molecule is COc1cccc(S(=O)(=O)NC(=O)c2ccc(-c3cc(F)cc(OCC(C)C)c3)nc2C2CCC(C)(C)CC2)n1. The summed E-state index contributed by atoms with van der Waals surface area (Å²) in [6.07, 6.45) is 3.45. The molecule has 1 saturated carbocycles. The average molecular weight is 570 g/mol. The maximum Gasteiger partial charge on any atom is 0.281 e. The Kier molecular flexibility index (Phi) is 8.77. The lowest BCUT2D eigenvalue weighted by Crippen LogP contribution is -2.33. The number of amides is 1. The highest BCUT2D eigenvalue weighted by molar-refractivity contribution is 7.90. The van der Waals surface area contributed by atoms with Crippen LogP contribution in [-0.4, -0.2) is 38.0 Å². The third kappa shape index (κ3) is 7.15. The Balaban J connectivity index is 1.71. The quantitative estimate of drug-likeness (QED) is 0.330. The number of ether oxygens (including phenoxy) is 2. The van der Waals surface area contributed by atoms with Gasteiger partial charge in [0.25, 0.3) is 15.9 Å². The van der Waals surface area contributed by atoms with Crippen molar-refractivity contribution >= 4 is 15.9 Å². The topological polar surface area (TPSA) is 107 Å². The molecule has 1 aromatic carbocycles. The van der Waals surface area contributed by atoms with Crippen molar-refractivity contribution in [2.45, 2.75) is 64.3 Å². The van der Waals surface area contributed by atoms with E-state index >= 15 is 0 Å². The second kappa shape index (κ2) is 11.9. The van der Waals surface area contributed by atoms with Crippen molar-refractivity contribution in [1.82, 2.24) is 14.7 Å². The first-order valence-corrected chi connectivity index (χ1v) is 14.9. The molecule has 0 radical (unpaired) electrons. The minimum Gasteiger partial charge on any atom is -0.493 e. The summed E-state index contributed by atoms with van der Waals surface area (Å²) in [5.74, 6) is -0.546. The molecule has 1 aliphatic rings. The third-order valence-electron chi connectivity index (χ3n) is 7.06. The molecule has 2 aromatic heterocycles.